The summed E-state index contributed by atoms with van der Waals surface area (Å²) in [4.78, 5) is 12.3. The molecule has 0 saturated heterocycles. The summed E-state index contributed by atoms with van der Waals surface area (Å²) in [6, 6.07) is 13.4. The molecule has 1 aliphatic heterocycles. The summed E-state index contributed by atoms with van der Waals surface area (Å²) < 4.78 is 0. The molecule has 2 aromatic rings. The van der Waals surface area contributed by atoms with E-state index in [9.17, 15) is 4.79 Å². The van der Waals surface area contributed by atoms with Crippen LogP contribution < -0.4 is 10.6 Å². The van der Waals surface area contributed by atoms with E-state index in [4.69, 9.17) is 11.6 Å². The number of hydrogen-bond acceptors (Lipinski definition) is 2. The van der Waals surface area contributed by atoms with Crippen LogP contribution in [0, 0.1) is 0 Å². The number of benzene rings is 2. The highest BCUT2D eigenvalue weighted by Crippen LogP contribution is 2.19. The van der Waals surface area contributed by atoms with Gasteiger partial charge in [-0.15, -0.1) is 0 Å². The average Bonchev–Trinajstić information content (AvgIpc) is 2.95. The van der Waals surface area contributed by atoms with Gasteiger partial charge in [-0.2, -0.15) is 0 Å². The normalized spacial score (nSPS) is 14.6. The van der Waals surface area contributed by atoms with Gasteiger partial charge in [0.15, 0.2) is 0 Å². The Kier molecular flexibility index (Phi) is 3.95. The third kappa shape index (κ3) is 3.09. The number of amides is 1. The van der Waals surface area contributed by atoms with E-state index < -0.39 is 0 Å². The molecule has 3 nitrogen and oxygen atoms in total. The van der Waals surface area contributed by atoms with Gasteiger partial charge in [0.1, 0.15) is 0 Å². The third-order valence-electron chi connectivity index (χ3n) is 3.82. The highest BCUT2D eigenvalue weighted by atomic mass is 35.5. The Morgan fingerprint density at radius 1 is 1.14 bits per heavy atom. The predicted molar refractivity (Wildman–Crippen MR) is 84.3 cm³/mol. The molecule has 0 aromatic heterocycles. The summed E-state index contributed by atoms with van der Waals surface area (Å²) in [6.07, 6.45) is 0. The molecule has 0 bridgehead atoms. The zero-order valence-electron chi connectivity index (χ0n) is 11.8. The minimum Gasteiger partial charge on any atom is -0.346 e. The van der Waals surface area contributed by atoms with Crippen LogP contribution in [-0.4, -0.2) is 5.91 Å². The minimum absolute atomic E-state index is 0.0489. The molecule has 1 heterocycles. The lowest BCUT2D eigenvalue weighted by atomic mass is 10.0. The number of carbonyl (C=O) groups is 1. The lowest BCUT2D eigenvalue weighted by Crippen LogP contribution is -2.26. The van der Waals surface area contributed by atoms with Crippen molar-refractivity contribution < 1.29 is 4.79 Å². The van der Waals surface area contributed by atoms with E-state index >= 15 is 0 Å². The van der Waals surface area contributed by atoms with Crippen LogP contribution in [0.15, 0.2) is 42.5 Å². The first kappa shape index (κ1) is 14.1. The van der Waals surface area contributed by atoms with Gasteiger partial charge >= 0.3 is 0 Å². The van der Waals surface area contributed by atoms with Crippen molar-refractivity contribution in [2.75, 3.05) is 0 Å². The molecule has 4 heteroatoms. The fourth-order valence-corrected chi connectivity index (χ4v) is 2.68. The lowest BCUT2D eigenvalue weighted by Gasteiger charge is -2.15. The van der Waals surface area contributed by atoms with Gasteiger partial charge in [0, 0.05) is 23.7 Å². The SMILES string of the molecule is C[C@@H](NC(=O)c1ccc2c(c1)CNC2)c1ccc(Cl)cc1. The minimum atomic E-state index is -0.0545. The number of fused-ring (bicyclic) bond motifs is 1. The summed E-state index contributed by atoms with van der Waals surface area (Å²) in [6.45, 7) is 3.69. The molecule has 0 aliphatic carbocycles. The van der Waals surface area contributed by atoms with E-state index in [0.717, 1.165) is 18.7 Å². The van der Waals surface area contributed by atoms with Gasteiger partial charge in [-0.1, -0.05) is 29.8 Å². The maximum absolute atomic E-state index is 12.3. The Bertz CT molecular complexity index is 667. The van der Waals surface area contributed by atoms with Crippen molar-refractivity contribution >= 4 is 17.5 Å². The van der Waals surface area contributed by atoms with Crippen molar-refractivity contribution in [3.8, 4) is 0 Å². The van der Waals surface area contributed by atoms with Crippen molar-refractivity contribution in [3.05, 3.63) is 69.7 Å². The van der Waals surface area contributed by atoms with Crippen molar-refractivity contribution in [3.63, 3.8) is 0 Å². The van der Waals surface area contributed by atoms with Crippen LogP contribution in [-0.2, 0) is 13.1 Å². The quantitative estimate of drug-likeness (QED) is 0.912. The van der Waals surface area contributed by atoms with E-state index in [1.54, 1.807) is 0 Å². The molecule has 108 valence electrons. The number of hydrogen-bond donors (Lipinski definition) is 2. The fourth-order valence-electron chi connectivity index (χ4n) is 2.55. The van der Waals surface area contributed by atoms with Gasteiger partial charge in [0.05, 0.1) is 6.04 Å². The molecular weight excluding hydrogens is 284 g/mol. The Labute approximate surface area is 129 Å². The molecule has 1 atom stereocenters. The van der Waals surface area contributed by atoms with Gasteiger partial charge in [0.25, 0.3) is 5.91 Å². The molecule has 0 radical (unpaired) electrons. The van der Waals surface area contributed by atoms with Crippen LogP contribution in [0.5, 0.6) is 0 Å². The molecule has 1 aliphatic rings. The van der Waals surface area contributed by atoms with Crippen LogP contribution in [0.25, 0.3) is 0 Å². The van der Waals surface area contributed by atoms with Gasteiger partial charge in [-0.3, -0.25) is 4.79 Å². The van der Waals surface area contributed by atoms with E-state index in [0.29, 0.717) is 10.6 Å². The van der Waals surface area contributed by atoms with Gasteiger partial charge in [-0.25, -0.2) is 0 Å². The maximum Gasteiger partial charge on any atom is 0.251 e. The molecule has 3 rings (SSSR count). The Hall–Kier alpha value is -1.84. The molecule has 0 saturated carbocycles. The number of rotatable bonds is 3. The van der Waals surface area contributed by atoms with Crippen LogP contribution >= 0.6 is 11.6 Å². The average molecular weight is 301 g/mol. The Balaban J connectivity index is 1.72. The first-order valence-corrected chi connectivity index (χ1v) is 7.40. The van der Waals surface area contributed by atoms with Gasteiger partial charge in [0.2, 0.25) is 0 Å². The molecule has 0 spiro atoms. The molecule has 21 heavy (non-hydrogen) atoms. The highest BCUT2D eigenvalue weighted by molar-refractivity contribution is 6.30. The topological polar surface area (TPSA) is 41.1 Å². The smallest absolute Gasteiger partial charge is 0.251 e. The van der Waals surface area contributed by atoms with Gasteiger partial charge < -0.3 is 10.6 Å². The van der Waals surface area contributed by atoms with E-state index in [-0.39, 0.29) is 11.9 Å². The van der Waals surface area contributed by atoms with Crippen molar-refractivity contribution in [1.29, 1.82) is 0 Å². The third-order valence-corrected chi connectivity index (χ3v) is 4.07. The Morgan fingerprint density at radius 2 is 1.86 bits per heavy atom. The fraction of sp³-hybridized carbons (Fsp3) is 0.235. The monoisotopic (exact) mass is 300 g/mol. The maximum atomic E-state index is 12.3. The van der Waals surface area contributed by atoms with Crippen molar-refractivity contribution in [2.45, 2.75) is 26.1 Å². The highest BCUT2D eigenvalue weighted by Gasteiger charge is 2.15. The van der Waals surface area contributed by atoms with E-state index in [1.165, 1.54) is 11.1 Å². The zero-order chi connectivity index (χ0) is 14.8. The van der Waals surface area contributed by atoms with Gasteiger partial charge in [-0.05, 0) is 47.9 Å². The first-order chi connectivity index (χ1) is 10.1. The summed E-state index contributed by atoms with van der Waals surface area (Å²) in [5.74, 6) is -0.0489. The molecule has 1 amide bonds. The van der Waals surface area contributed by atoms with Crippen LogP contribution in [0.3, 0.4) is 0 Å². The zero-order valence-corrected chi connectivity index (χ0v) is 12.6. The summed E-state index contributed by atoms with van der Waals surface area (Å²) in [7, 11) is 0. The summed E-state index contributed by atoms with van der Waals surface area (Å²) >= 11 is 5.88. The standard InChI is InChI=1S/C17H17ClN2O/c1-11(12-4-6-16(18)7-5-12)20-17(21)13-2-3-14-9-19-10-15(14)8-13/h2-8,11,19H,9-10H2,1H3,(H,20,21)/t11-/m1/s1. The van der Waals surface area contributed by atoms with E-state index in [2.05, 4.69) is 10.6 Å². The largest absolute Gasteiger partial charge is 0.346 e. The molecule has 0 unspecified atom stereocenters. The van der Waals surface area contributed by atoms with Crippen molar-refractivity contribution in [2.24, 2.45) is 0 Å². The number of nitrogens with one attached hydrogen (secondary N) is 2. The second kappa shape index (κ2) is 5.88. The van der Waals surface area contributed by atoms with E-state index in [1.807, 2.05) is 49.4 Å². The first-order valence-electron chi connectivity index (χ1n) is 7.02. The summed E-state index contributed by atoms with van der Waals surface area (Å²) in [5, 5.41) is 7.00. The number of halogens is 1. The second-order valence-electron chi connectivity index (χ2n) is 5.33. The molecular formula is C17H17ClN2O. The van der Waals surface area contributed by atoms with Crippen molar-refractivity contribution in [1.82, 2.24) is 10.6 Å². The molecule has 0 fully saturated rings. The van der Waals surface area contributed by atoms with Crippen LogP contribution in [0.2, 0.25) is 5.02 Å². The van der Waals surface area contributed by atoms with Crippen LogP contribution in [0.4, 0.5) is 0 Å². The molecule has 2 N–H and O–H groups in total. The second-order valence-corrected chi connectivity index (χ2v) is 5.77. The Morgan fingerprint density at radius 3 is 2.62 bits per heavy atom. The molecule has 2 aromatic carbocycles. The predicted octanol–water partition coefficient (Wildman–Crippen LogP) is 3.43. The lowest BCUT2D eigenvalue weighted by molar-refractivity contribution is 0.0940. The van der Waals surface area contributed by atoms with Crippen LogP contribution in [0.1, 0.15) is 40.0 Å². The number of carbonyl (C=O) groups excluding carboxylic acids is 1. The summed E-state index contributed by atoms with van der Waals surface area (Å²) in [5.41, 5.74) is 4.23.